The molecule has 0 atom stereocenters. The predicted octanol–water partition coefficient (Wildman–Crippen LogP) is 3.22. The van der Waals surface area contributed by atoms with Crippen LogP contribution in [0.2, 0.25) is 0 Å². The lowest BCUT2D eigenvalue weighted by molar-refractivity contribution is 0.410. The fourth-order valence-corrected chi connectivity index (χ4v) is 4.41. The zero-order valence-corrected chi connectivity index (χ0v) is 16.6. The number of nitrogens with two attached hydrogens (primary N) is 1. The van der Waals surface area contributed by atoms with Crippen LogP contribution in [0.3, 0.4) is 0 Å². The summed E-state index contributed by atoms with van der Waals surface area (Å²) in [4.78, 5) is 13.5. The molecule has 8 heteroatoms. The maximum Gasteiger partial charge on any atom is 0.222 e. The van der Waals surface area contributed by atoms with Crippen molar-refractivity contribution in [2.45, 2.75) is 69.5 Å². The molecule has 29 heavy (non-hydrogen) atoms. The van der Waals surface area contributed by atoms with Gasteiger partial charge in [-0.3, -0.25) is 0 Å². The van der Waals surface area contributed by atoms with Gasteiger partial charge in [0.25, 0.3) is 0 Å². The SMILES string of the molecule is NC1CCC(Nc2ccc3ncc(-c4cnc(NC5CCCC5)nc4)n3n2)CC1. The number of fused-ring (bicyclic) bond motifs is 1. The van der Waals surface area contributed by atoms with Crippen LogP contribution < -0.4 is 16.4 Å². The Bertz CT molecular complexity index is 952. The third kappa shape index (κ3) is 4.03. The number of nitrogens with zero attached hydrogens (tertiary/aromatic N) is 5. The van der Waals surface area contributed by atoms with Gasteiger partial charge in [-0.25, -0.2) is 19.5 Å². The van der Waals surface area contributed by atoms with E-state index in [0.29, 0.717) is 24.1 Å². The highest BCUT2D eigenvalue weighted by Crippen LogP contribution is 2.24. The molecule has 0 radical (unpaired) electrons. The number of rotatable bonds is 5. The van der Waals surface area contributed by atoms with Gasteiger partial charge in [0, 0.05) is 36.1 Å². The zero-order valence-electron chi connectivity index (χ0n) is 16.6. The number of imidazole rings is 1. The molecule has 2 aliphatic carbocycles. The van der Waals surface area contributed by atoms with E-state index in [-0.39, 0.29) is 0 Å². The van der Waals surface area contributed by atoms with Crippen LogP contribution in [0.25, 0.3) is 16.9 Å². The Morgan fingerprint density at radius 3 is 2.31 bits per heavy atom. The summed E-state index contributed by atoms with van der Waals surface area (Å²) in [5, 5.41) is 11.8. The molecule has 0 bridgehead atoms. The normalized spacial score (nSPS) is 22.8. The maximum atomic E-state index is 6.02. The van der Waals surface area contributed by atoms with Crippen molar-refractivity contribution in [3.8, 4) is 11.3 Å². The summed E-state index contributed by atoms with van der Waals surface area (Å²) in [6.45, 7) is 0. The van der Waals surface area contributed by atoms with Crippen LogP contribution >= 0.6 is 0 Å². The summed E-state index contributed by atoms with van der Waals surface area (Å²) in [5.74, 6) is 1.55. The maximum absolute atomic E-state index is 6.02. The average Bonchev–Trinajstić information content (AvgIpc) is 3.40. The largest absolute Gasteiger partial charge is 0.366 e. The molecule has 4 N–H and O–H groups in total. The van der Waals surface area contributed by atoms with Crippen LogP contribution in [0, 0.1) is 0 Å². The van der Waals surface area contributed by atoms with Gasteiger partial charge in [0.05, 0.1) is 11.9 Å². The van der Waals surface area contributed by atoms with Gasteiger partial charge < -0.3 is 16.4 Å². The van der Waals surface area contributed by atoms with Crippen molar-refractivity contribution in [2.24, 2.45) is 5.73 Å². The molecule has 0 unspecified atom stereocenters. The number of nitrogens with one attached hydrogen (secondary N) is 2. The van der Waals surface area contributed by atoms with Crippen molar-refractivity contribution in [2.75, 3.05) is 10.6 Å². The van der Waals surface area contributed by atoms with Crippen molar-refractivity contribution < 1.29 is 0 Å². The molecule has 0 amide bonds. The van der Waals surface area contributed by atoms with E-state index in [0.717, 1.165) is 48.4 Å². The van der Waals surface area contributed by atoms with Crippen LogP contribution in [0.1, 0.15) is 51.4 Å². The molecule has 3 aromatic rings. The zero-order chi connectivity index (χ0) is 19.6. The van der Waals surface area contributed by atoms with Crippen LogP contribution in [-0.2, 0) is 0 Å². The van der Waals surface area contributed by atoms with Gasteiger partial charge >= 0.3 is 0 Å². The molecule has 0 aromatic carbocycles. The Balaban J connectivity index is 1.34. The monoisotopic (exact) mass is 392 g/mol. The minimum Gasteiger partial charge on any atom is -0.366 e. The Kier molecular flexibility index (Phi) is 5.01. The number of aromatic nitrogens is 5. The van der Waals surface area contributed by atoms with Crippen LogP contribution in [0.5, 0.6) is 0 Å². The van der Waals surface area contributed by atoms with E-state index in [9.17, 15) is 0 Å². The predicted molar refractivity (Wildman–Crippen MR) is 114 cm³/mol. The molecular weight excluding hydrogens is 364 g/mol. The highest BCUT2D eigenvalue weighted by Gasteiger charge is 2.19. The molecule has 0 saturated heterocycles. The highest BCUT2D eigenvalue weighted by atomic mass is 15.3. The Morgan fingerprint density at radius 2 is 1.55 bits per heavy atom. The molecular formula is C21H28N8. The van der Waals surface area contributed by atoms with E-state index in [1.807, 2.05) is 35.2 Å². The fraction of sp³-hybridized carbons (Fsp3) is 0.524. The summed E-state index contributed by atoms with van der Waals surface area (Å²) in [7, 11) is 0. The molecule has 2 aliphatic rings. The second kappa shape index (κ2) is 7.94. The first-order chi connectivity index (χ1) is 14.2. The molecule has 0 spiro atoms. The molecule has 2 fully saturated rings. The number of hydrogen-bond donors (Lipinski definition) is 3. The van der Waals surface area contributed by atoms with Crippen molar-refractivity contribution in [3.05, 3.63) is 30.7 Å². The molecule has 2 saturated carbocycles. The van der Waals surface area contributed by atoms with Gasteiger partial charge in [0.15, 0.2) is 5.65 Å². The van der Waals surface area contributed by atoms with E-state index in [1.54, 1.807) is 0 Å². The summed E-state index contributed by atoms with van der Waals surface area (Å²) in [6.07, 6.45) is 14.8. The Hall–Kier alpha value is -2.74. The minimum atomic E-state index is 0.342. The van der Waals surface area contributed by atoms with Gasteiger partial charge in [-0.05, 0) is 50.7 Å². The van der Waals surface area contributed by atoms with Crippen LogP contribution in [-0.4, -0.2) is 42.7 Å². The van der Waals surface area contributed by atoms with E-state index >= 15 is 0 Å². The van der Waals surface area contributed by atoms with Gasteiger partial charge in [-0.15, -0.1) is 5.10 Å². The lowest BCUT2D eigenvalue weighted by Crippen LogP contribution is -2.33. The molecule has 3 heterocycles. The minimum absolute atomic E-state index is 0.342. The lowest BCUT2D eigenvalue weighted by atomic mass is 9.92. The van der Waals surface area contributed by atoms with Gasteiger partial charge in [-0.2, -0.15) is 0 Å². The second-order valence-electron chi connectivity index (χ2n) is 8.31. The number of anilines is 2. The topological polar surface area (TPSA) is 106 Å². The fourth-order valence-electron chi connectivity index (χ4n) is 4.41. The van der Waals surface area contributed by atoms with Crippen molar-refractivity contribution in [1.29, 1.82) is 0 Å². The van der Waals surface area contributed by atoms with E-state index in [4.69, 9.17) is 10.8 Å². The molecule has 8 nitrogen and oxygen atoms in total. The summed E-state index contributed by atoms with van der Waals surface area (Å²) in [6, 6.07) is 5.25. The van der Waals surface area contributed by atoms with Crippen LogP contribution in [0.4, 0.5) is 11.8 Å². The smallest absolute Gasteiger partial charge is 0.222 e. The van der Waals surface area contributed by atoms with Gasteiger partial charge in [0.1, 0.15) is 5.82 Å². The van der Waals surface area contributed by atoms with E-state index in [2.05, 4.69) is 25.6 Å². The Morgan fingerprint density at radius 1 is 0.828 bits per heavy atom. The molecule has 152 valence electrons. The quantitative estimate of drug-likeness (QED) is 0.612. The van der Waals surface area contributed by atoms with Gasteiger partial charge in [0.2, 0.25) is 5.95 Å². The van der Waals surface area contributed by atoms with Crippen molar-refractivity contribution in [3.63, 3.8) is 0 Å². The summed E-state index contributed by atoms with van der Waals surface area (Å²) >= 11 is 0. The summed E-state index contributed by atoms with van der Waals surface area (Å²) < 4.78 is 1.86. The Labute approximate surface area is 170 Å². The van der Waals surface area contributed by atoms with E-state index < -0.39 is 0 Å². The number of hydrogen-bond acceptors (Lipinski definition) is 7. The summed E-state index contributed by atoms with van der Waals surface area (Å²) in [5.41, 5.74) is 8.62. The van der Waals surface area contributed by atoms with E-state index in [1.165, 1.54) is 25.7 Å². The third-order valence-corrected chi connectivity index (χ3v) is 6.12. The van der Waals surface area contributed by atoms with Gasteiger partial charge in [-0.1, -0.05) is 12.8 Å². The first-order valence-corrected chi connectivity index (χ1v) is 10.7. The first-order valence-electron chi connectivity index (χ1n) is 10.7. The average molecular weight is 393 g/mol. The lowest BCUT2D eigenvalue weighted by Gasteiger charge is -2.27. The first kappa shape index (κ1) is 18.3. The second-order valence-corrected chi connectivity index (χ2v) is 8.31. The third-order valence-electron chi connectivity index (χ3n) is 6.12. The standard InChI is InChI=1S/C21H28N8/c22-15-5-7-17(8-6-15)26-19-9-10-20-23-13-18(29(20)28-19)14-11-24-21(25-12-14)27-16-3-1-2-4-16/h9-13,15-17H,1-8,22H2,(H,26,28)(H,24,25,27). The molecule has 3 aromatic heterocycles. The molecule has 0 aliphatic heterocycles. The van der Waals surface area contributed by atoms with Crippen molar-refractivity contribution in [1.82, 2.24) is 24.6 Å². The highest BCUT2D eigenvalue weighted by molar-refractivity contribution is 5.62. The molecule has 5 rings (SSSR count). The van der Waals surface area contributed by atoms with Crippen molar-refractivity contribution >= 4 is 17.4 Å². The van der Waals surface area contributed by atoms with Crippen LogP contribution in [0.15, 0.2) is 30.7 Å².